The fourth-order valence-corrected chi connectivity index (χ4v) is 2.41. The van der Waals surface area contributed by atoms with Crippen LogP contribution in [0.2, 0.25) is 0 Å². The summed E-state index contributed by atoms with van der Waals surface area (Å²) in [6.45, 7) is 4.23. The topological polar surface area (TPSA) is 17.0 Å². The van der Waals surface area contributed by atoms with Crippen LogP contribution >= 0.6 is 15.9 Å². The first-order valence-electron chi connectivity index (χ1n) is 5.68. The third kappa shape index (κ3) is 2.15. The summed E-state index contributed by atoms with van der Waals surface area (Å²) in [5.41, 5.74) is 2.75. The minimum atomic E-state index is 1.02. The zero-order valence-corrected chi connectivity index (χ0v) is 11.3. The summed E-state index contributed by atoms with van der Waals surface area (Å²) in [5, 5.41) is 4.58. The molecule has 0 atom stereocenters. The lowest BCUT2D eigenvalue weighted by Crippen LogP contribution is -2.09. The largest absolute Gasteiger partial charge is 0.347 e. The molecule has 1 aromatic carbocycles. The third-order valence-electron chi connectivity index (χ3n) is 2.91. The second kappa shape index (κ2) is 5.02. The van der Waals surface area contributed by atoms with E-state index >= 15 is 0 Å². The molecule has 2 aromatic rings. The average Bonchev–Trinajstić information content (AvgIpc) is 2.63. The maximum Gasteiger partial charge on any atom is 0.0494 e. The first-order chi connectivity index (χ1) is 7.76. The summed E-state index contributed by atoms with van der Waals surface area (Å²) < 4.78 is 3.46. The number of nitrogens with one attached hydrogen (secondary N) is 1. The number of hydrogen-bond acceptors (Lipinski definition) is 1. The van der Waals surface area contributed by atoms with Crippen molar-refractivity contribution in [1.29, 1.82) is 0 Å². The van der Waals surface area contributed by atoms with Gasteiger partial charge in [0.25, 0.3) is 0 Å². The Kier molecular flexibility index (Phi) is 3.66. The van der Waals surface area contributed by atoms with E-state index in [9.17, 15) is 0 Å². The highest BCUT2D eigenvalue weighted by molar-refractivity contribution is 9.10. The van der Waals surface area contributed by atoms with E-state index in [0.717, 1.165) is 24.0 Å². The van der Waals surface area contributed by atoms with Gasteiger partial charge in [-0.05, 0) is 44.6 Å². The van der Waals surface area contributed by atoms with Crippen LogP contribution in [-0.2, 0) is 13.0 Å². The van der Waals surface area contributed by atoms with Crippen molar-refractivity contribution in [3.05, 3.63) is 34.4 Å². The first-order valence-corrected chi connectivity index (χ1v) is 6.47. The van der Waals surface area contributed by atoms with Crippen LogP contribution in [0.15, 0.2) is 28.9 Å². The molecule has 0 unspecified atom stereocenters. The molecular formula is C13H17BrN2. The highest BCUT2D eigenvalue weighted by Gasteiger charge is 2.07. The fraction of sp³-hybridized carbons (Fsp3) is 0.385. The van der Waals surface area contributed by atoms with Gasteiger partial charge in [0.2, 0.25) is 0 Å². The molecule has 0 aliphatic rings. The molecule has 1 aromatic heterocycles. The average molecular weight is 281 g/mol. The highest BCUT2D eigenvalue weighted by Crippen LogP contribution is 2.25. The van der Waals surface area contributed by atoms with Gasteiger partial charge in [0, 0.05) is 28.1 Å². The van der Waals surface area contributed by atoms with E-state index in [4.69, 9.17) is 0 Å². The van der Waals surface area contributed by atoms with E-state index in [0.29, 0.717) is 0 Å². The maximum atomic E-state index is 3.53. The SMILES string of the molecule is CCn1cc(CCNC)c2ccc(Br)cc21. The second-order valence-corrected chi connectivity index (χ2v) is 4.87. The number of fused-ring (bicyclic) bond motifs is 1. The minimum absolute atomic E-state index is 1.02. The monoisotopic (exact) mass is 280 g/mol. The van der Waals surface area contributed by atoms with Gasteiger partial charge in [0.1, 0.15) is 0 Å². The van der Waals surface area contributed by atoms with Crippen molar-refractivity contribution in [2.75, 3.05) is 13.6 Å². The molecule has 1 heterocycles. The van der Waals surface area contributed by atoms with Crippen LogP contribution in [0, 0.1) is 0 Å². The molecule has 0 radical (unpaired) electrons. The highest BCUT2D eigenvalue weighted by atomic mass is 79.9. The predicted octanol–water partition coefficient (Wildman–Crippen LogP) is 3.19. The van der Waals surface area contributed by atoms with Gasteiger partial charge in [-0.1, -0.05) is 22.0 Å². The number of nitrogens with zero attached hydrogens (tertiary/aromatic N) is 1. The molecule has 0 spiro atoms. The zero-order chi connectivity index (χ0) is 11.5. The summed E-state index contributed by atoms with van der Waals surface area (Å²) >= 11 is 3.53. The van der Waals surface area contributed by atoms with E-state index < -0.39 is 0 Å². The van der Waals surface area contributed by atoms with Gasteiger partial charge < -0.3 is 9.88 Å². The number of benzene rings is 1. The molecule has 2 rings (SSSR count). The van der Waals surface area contributed by atoms with Gasteiger partial charge in [-0.15, -0.1) is 0 Å². The smallest absolute Gasteiger partial charge is 0.0494 e. The Morgan fingerprint density at radius 1 is 1.38 bits per heavy atom. The number of aryl methyl sites for hydroxylation is 1. The predicted molar refractivity (Wildman–Crippen MR) is 72.9 cm³/mol. The zero-order valence-electron chi connectivity index (χ0n) is 9.76. The van der Waals surface area contributed by atoms with Crippen LogP contribution in [0.25, 0.3) is 10.9 Å². The standard InChI is InChI=1S/C13H17BrN2/c1-3-16-9-10(6-7-15-2)12-5-4-11(14)8-13(12)16/h4-5,8-9,15H,3,6-7H2,1-2H3. The van der Waals surface area contributed by atoms with Gasteiger partial charge in [0.05, 0.1) is 0 Å². The summed E-state index contributed by atoms with van der Waals surface area (Å²) in [6, 6.07) is 6.52. The Morgan fingerprint density at radius 3 is 2.88 bits per heavy atom. The normalized spacial score (nSPS) is 11.2. The lowest BCUT2D eigenvalue weighted by Gasteiger charge is -2.00. The lowest BCUT2D eigenvalue weighted by molar-refractivity contribution is 0.770. The van der Waals surface area contributed by atoms with Gasteiger partial charge in [-0.3, -0.25) is 0 Å². The molecular weight excluding hydrogens is 264 g/mol. The van der Waals surface area contributed by atoms with Crippen LogP contribution in [0.1, 0.15) is 12.5 Å². The van der Waals surface area contributed by atoms with Crippen molar-refractivity contribution in [2.24, 2.45) is 0 Å². The Morgan fingerprint density at radius 2 is 2.19 bits per heavy atom. The molecule has 1 N–H and O–H groups in total. The number of halogens is 1. The maximum absolute atomic E-state index is 3.53. The Bertz CT molecular complexity index is 488. The van der Waals surface area contributed by atoms with Crippen LogP contribution < -0.4 is 5.32 Å². The van der Waals surface area contributed by atoms with Crippen molar-refractivity contribution >= 4 is 26.8 Å². The number of likely N-dealkylation sites (N-methyl/N-ethyl adjacent to an activating group) is 1. The van der Waals surface area contributed by atoms with Gasteiger partial charge in [-0.2, -0.15) is 0 Å². The molecule has 16 heavy (non-hydrogen) atoms. The van der Waals surface area contributed by atoms with E-state index in [1.165, 1.54) is 16.5 Å². The summed E-state index contributed by atoms with van der Waals surface area (Å²) in [6.07, 6.45) is 3.36. The van der Waals surface area contributed by atoms with E-state index in [2.05, 4.69) is 57.1 Å². The number of rotatable bonds is 4. The Hall–Kier alpha value is -0.800. The second-order valence-electron chi connectivity index (χ2n) is 3.96. The van der Waals surface area contributed by atoms with E-state index in [1.807, 2.05) is 7.05 Å². The third-order valence-corrected chi connectivity index (χ3v) is 3.41. The van der Waals surface area contributed by atoms with Crippen molar-refractivity contribution < 1.29 is 0 Å². The molecule has 0 saturated heterocycles. The Balaban J connectivity index is 2.50. The van der Waals surface area contributed by atoms with E-state index in [1.54, 1.807) is 0 Å². The summed E-state index contributed by atoms with van der Waals surface area (Å²) in [5.74, 6) is 0. The quantitative estimate of drug-likeness (QED) is 0.910. The number of hydrogen-bond donors (Lipinski definition) is 1. The summed E-state index contributed by atoms with van der Waals surface area (Å²) in [7, 11) is 2.00. The van der Waals surface area contributed by atoms with Crippen LogP contribution in [0.5, 0.6) is 0 Å². The molecule has 2 nitrogen and oxygen atoms in total. The van der Waals surface area contributed by atoms with Crippen molar-refractivity contribution in [2.45, 2.75) is 19.9 Å². The molecule has 0 saturated carbocycles. The molecule has 0 fully saturated rings. The van der Waals surface area contributed by atoms with Crippen LogP contribution in [0.3, 0.4) is 0 Å². The van der Waals surface area contributed by atoms with Crippen LogP contribution in [-0.4, -0.2) is 18.2 Å². The van der Waals surface area contributed by atoms with Crippen LogP contribution in [0.4, 0.5) is 0 Å². The first kappa shape index (κ1) is 11.7. The van der Waals surface area contributed by atoms with Gasteiger partial charge in [-0.25, -0.2) is 0 Å². The Labute approximate surface area is 105 Å². The molecule has 0 aliphatic carbocycles. The fourth-order valence-electron chi connectivity index (χ4n) is 2.06. The van der Waals surface area contributed by atoms with Gasteiger partial charge >= 0.3 is 0 Å². The van der Waals surface area contributed by atoms with E-state index in [-0.39, 0.29) is 0 Å². The van der Waals surface area contributed by atoms with Gasteiger partial charge in [0.15, 0.2) is 0 Å². The van der Waals surface area contributed by atoms with Crippen molar-refractivity contribution in [1.82, 2.24) is 9.88 Å². The van der Waals surface area contributed by atoms with Crippen molar-refractivity contribution in [3.8, 4) is 0 Å². The molecule has 86 valence electrons. The molecule has 0 amide bonds. The molecule has 3 heteroatoms. The number of aromatic nitrogens is 1. The minimum Gasteiger partial charge on any atom is -0.347 e. The lowest BCUT2D eigenvalue weighted by atomic mass is 10.1. The molecule has 0 bridgehead atoms. The summed E-state index contributed by atoms with van der Waals surface area (Å²) in [4.78, 5) is 0. The van der Waals surface area contributed by atoms with Crippen molar-refractivity contribution in [3.63, 3.8) is 0 Å². The molecule has 0 aliphatic heterocycles.